The molecule has 0 N–H and O–H groups in total. The molecule has 0 bridgehead atoms. The maximum Gasteiger partial charge on any atom is 0.417 e. The Kier molecular flexibility index (Phi) is 6.74. The summed E-state index contributed by atoms with van der Waals surface area (Å²) in [6.07, 6.45) is -19.7. The number of alkyl halides is 12. The van der Waals surface area contributed by atoms with Crippen LogP contribution in [-0.2, 0) is 24.7 Å². The fourth-order valence-electron chi connectivity index (χ4n) is 4.90. The summed E-state index contributed by atoms with van der Waals surface area (Å²) < 4.78 is 164. The molecule has 0 heterocycles. The van der Waals surface area contributed by atoms with Crippen LogP contribution >= 0.6 is 0 Å². The van der Waals surface area contributed by atoms with Crippen molar-refractivity contribution in [1.29, 1.82) is 0 Å². The van der Waals surface area contributed by atoms with E-state index in [1.54, 1.807) is 0 Å². The van der Waals surface area contributed by atoms with Crippen molar-refractivity contribution in [2.75, 3.05) is 0 Å². The molecule has 0 aliphatic rings. The molecule has 5 aromatic rings. The van der Waals surface area contributed by atoms with Gasteiger partial charge in [-0.25, -0.2) is 0 Å². The average Bonchev–Trinajstić information content (AvgIpc) is 2.88. The lowest BCUT2D eigenvalue weighted by molar-refractivity contribution is -0.138. The van der Waals surface area contributed by atoms with Crippen molar-refractivity contribution in [2.24, 2.45) is 0 Å². The summed E-state index contributed by atoms with van der Waals surface area (Å²) in [6, 6.07) is 12.3. The van der Waals surface area contributed by atoms with Crippen LogP contribution in [0.5, 0.6) is 0 Å². The highest BCUT2D eigenvalue weighted by Gasteiger charge is 2.41. The highest BCUT2D eigenvalue weighted by atomic mass is 19.4. The van der Waals surface area contributed by atoms with Crippen LogP contribution in [0.25, 0.3) is 43.8 Å². The van der Waals surface area contributed by atoms with E-state index in [-0.39, 0.29) is 22.3 Å². The van der Waals surface area contributed by atoms with Gasteiger partial charge in [0, 0.05) is 0 Å². The normalized spacial score (nSPS) is 13.2. The van der Waals surface area contributed by atoms with Gasteiger partial charge in [0.2, 0.25) is 0 Å². The van der Waals surface area contributed by atoms with Crippen LogP contribution in [0.2, 0.25) is 0 Å². The number of halogens is 12. The molecule has 0 unspecified atom stereocenters. The van der Waals surface area contributed by atoms with E-state index in [0.29, 0.717) is 24.3 Å². The highest BCUT2D eigenvalue weighted by molar-refractivity contribution is 6.08. The van der Waals surface area contributed by atoms with E-state index in [1.807, 2.05) is 0 Å². The molecule has 0 radical (unpaired) electrons. The van der Waals surface area contributed by atoms with E-state index < -0.39 is 68.5 Å². The molecule has 12 heteroatoms. The van der Waals surface area contributed by atoms with Gasteiger partial charge in [0.25, 0.3) is 0 Å². The fourth-order valence-corrected chi connectivity index (χ4v) is 4.90. The SMILES string of the molecule is FC(F)(F)c1ccc(-c2ccc3c(C(F)(F)F)c4cc(-c5ccc(C(F)(F)F)cc5)ccc4c(C(F)(F)F)c3c2)cc1. The van der Waals surface area contributed by atoms with Crippen molar-refractivity contribution >= 4 is 21.5 Å². The van der Waals surface area contributed by atoms with Gasteiger partial charge in [-0.2, -0.15) is 52.7 Å². The van der Waals surface area contributed by atoms with Crippen LogP contribution in [0, 0.1) is 0 Å². The first-order valence-corrected chi connectivity index (χ1v) is 11.9. The van der Waals surface area contributed by atoms with Crippen molar-refractivity contribution in [1.82, 2.24) is 0 Å². The summed E-state index contributed by atoms with van der Waals surface area (Å²) in [6.45, 7) is 0. The first kappa shape index (κ1) is 29.3. The van der Waals surface area contributed by atoms with Gasteiger partial charge in [-0.3, -0.25) is 0 Å². The van der Waals surface area contributed by atoms with Crippen LogP contribution < -0.4 is 0 Å². The Balaban J connectivity index is 1.78. The predicted octanol–water partition coefficient (Wildman–Crippen LogP) is 11.4. The lowest BCUT2D eigenvalue weighted by Gasteiger charge is -2.21. The minimum atomic E-state index is -5.16. The largest absolute Gasteiger partial charge is 0.417 e. The third-order valence-corrected chi connectivity index (χ3v) is 6.77. The van der Waals surface area contributed by atoms with Crippen molar-refractivity contribution in [3.8, 4) is 22.3 Å². The Hall–Kier alpha value is -4.22. The standard InChI is InChI=1S/C30H14F12/c31-27(32,33)19-7-1-15(2-8-19)17-5-11-21-23(13-17)25(29(37,38)39)22-12-6-18(14-24(22)26(21)30(40,41)42)16-3-9-20(10-4-16)28(34,35)36/h1-14H. The molecule has 5 aromatic carbocycles. The lowest BCUT2D eigenvalue weighted by atomic mass is 9.87. The molecule has 0 amide bonds. The Labute approximate surface area is 228 Å². The molecule has 0 aromatic heterocycles. The molecule has 5 rings (SSSR count). The predicted molar refractivity (Wildman–Crippen MR) is 132 cm³/mol. The van der Waals surface area contributed by atoms with Gasteiger partial charge in [0.1, 0.15) is 0 Å². The molecule has 0 aliphatic carbocycles. The van der Waals surface area contributed by atoms with Gasteiger partial charge in [0.05, 0.1) is 22.3 Å². The van der Waals surface area contributed by atoms with Crippen molar-refractivity contribution in [3.63, 3.8) is 0 Å². The topological polar surface area (TPSA) is 0 Å². The van der Waals surface area contributed by atoms with Crippen LogP contribution in [0.3, 0.4) is 0 Å². The third kappa shape index (κ3) is 5.37. The van der Waals surface area contributed by atoms with E-state index in [0.717, 1.165) is 60.7 Å². The summed E-state index contributed by atoms with van der Waals surface area (Å²) in [5, 5.41) is -3.24. The van der Waals surface area contributed by atoms with Crippen LogP contribution in [0.15, 0.2) is 84.9 Å². The molecule has 0 saturated carbocycles. The Morgan fingerprint density at radius 2 is 0.571 bits per heavy atom. The first-order valence-electron chi connectivity index (χ1n) is 11.9. The quantitative estimate of drug-likeness (QED) is 0.139. The number of benzene rings is 5. The maximum atomic E-state index is 14.5. The fraction of sp³-hybridized carbons (Fsp3) is 0.133. The molecule has 218 valence electrons. The Morgan fingerprint density at radius 3 is 0.833 bits per heavy atom. The minimum absolute atomic E-state index is 0.0457. The molecule has 42 heavy (non-hydrogen) atoms. The van der Waals surface area contributed by atoms with E-state index in [9.17, 15) is 52.7 Å². The number of hydrogen-bond acceptors (Lipinski definition) is 0. The van der Waals surface area contributed by atoms with Crippen molar-refractivity contribution in [2.45, 2.75) is 24.7 Å². The van der Waals surface area contributed by atoms with E-state index >= 15 is 0 Å². The van der Waals surface area contributed by atoms with E-state index in [1.165, 1.54) is 0 Å². The Morgan fingerprint density at radius 1 is 0.286 bits per heavy atom. The second-order valence-electron chi connectivity index (χ2n) is 9.42. The average molecular weight is 602 g/mol. The number of hydrogen-bond donors (Lipinski definition) is 0. The molecule has 0 saturated heterocycles. The number of fused-ring (bicyclic) bond motifs is 2. The van der Waals surface area contributed by atoms with Gasteiger partial charge in [0.15, 0.2) is 0 Å². The summed E-state index contributed by atoms with van der Waals surface area (Å²) >= 11 is 0. The van der Waals surface area contributed by atoms with Gasteiger partial charge in [-0.1, -0.05) is 48.5 Å². The zero-order valence-electron chi connectivity index (χ0n) is 20.6. The molecule has 0 aliphatic heterocycles. The van der Waals surface area contributed by atoms with Crippen molar-refractivity contribution < 1.29 is 52.7 Å². The van der Waals surface area contributed by atoms with Gasteiger partial charge >= 0.3 is 24.7 Å². The summed E-state index contributed by atoms with van der Waals surface area (Å²) in [5.41, 5.74) is -4.82. The minimum Gasteiger partial charge on any atom is -0.166 e. The molecular formula is C30H14F12. The molecular weight excluding hydrogens is 588 g/mol. The van der Waals surface area contributed by atoms with Gasteiger partial charge in [-0.15, -0.1) is 0 Å². The first-order chi connectivity index (χ1) is 19.4. The Bertz CT molecular complexity index is 1650. The van der Waals surface area contributed by atoms with Crippen LogP contribution in [0.1, 0.15) is 22.3 Å². The monoisotopic (exact) mass is 602 g/mol. The van der Waals surface area contributed by atoms with Crippen LogP contribution in [-0.4, -0.2) is 0 Å². The highest BCUT2D eigenvalue weighted by Crippen LogP contribution is 2.48. The zero-order valence-corrected chi connectivity index (χ0v) is 20.6. The van der Waals surface area contributed by atoms with E-state index in [2.05, 4.69) is 0 Å². The van der Waals surface area contributed by atoms with E-state index in [4.69, 9.17) is 0 Å². The number of rotatable bonds is 2. The third-order valence-electron chi connectivity index (χ3n) is 6.77. The molecule has 0 fully saturated rings. The molecule has 0 nitrogen and oxygen atoms in total. The summed E-state index contributed by atoms with van der Waals surface area (Å²) in [4.78, 5) is 0. The lowest BCUT2D eigenvalue weighted by Crippen LogP contribution is -2.13. The molecule has 0 spiro atoms. The molecule has 0 atom stereocenters. The maximum absolute atomic E-state index is 14.5. The summed E-state index contributed by atoms with van der Waals surface area (Å²) in [7, 11) is 0. The van der Waals surface area contributed by atoms with Crippen molar-refractivity contribution in [3.05, 3.63) is 107 Å². The van der Waals surface area contributed by atoms with Crippen LogP contribution in [0.4, 0.5) is 52.7 Å². The summed E-state index contributed by atoms with van der Waals surface area (Å²) in [5.74, 6) is 0. The van der Waals surface area contributed by atoms with Gasteiger partial charge in [-0.05, 0) is 80.2 Å². The van der Waals surface area contributed by atoms with Gasteiger partial charge < -0.3 is 0 Å². The smallest absolute Gasteiger partial charge is 0.166 e. The second kappa shape index (κ2) is 9.67. The zero-order chi connectivity index (χ0) is 30.8. The second-order valence-corrected chi connectivity index (χ2v) is 9.42.